The van der Waals surface area contributed by atoms with Gasteiger partial charge in [0.25, 0.3) is 5.56 Å². The first-order valence-corrected chi connectivity index (χ1v) is 5.00. The molecule has 0 atom stereocenters. The van der Waals surface area contributed by atoms with Crippen molar-refractivity contribution in [2.24, 2.45) is 0 Å². The SMILES string of the molecule is CCCCNn1nc(C)c(=O)[nH]c1=S. The van der Waals surface area contributed by atoms with E-state index in [2.05, 4.69) is 22.4 Å². The molecule has 6 heteroatoms. The standard InChI is InChI=1S/C8H14N4OS/c1-3-4-5-9-12-8(14)10-7(13)6(2)11-12/h9H,3-5H2,1-2H3,(H,10,13,14). The minimum Gasteiger partial charge on any atom is -0.307 e. The summed E-state index contributed by atoms with van der Waals surface area (Å²) in [5.74, 6) is 0. The zero-order chi connectivity index (χ0) is 10.6. The van der Waals surface area contributed by atoms with E-state index in [1.54, 1.807) is 6.92 Å². The highest BCUT2D eigenvalue weighted by molar-refractivity contribution is 7.71. The molecule has 0 spiro atoms. The number of aryl methyl sites for hydroxylation is 1. The van der Waals surface area contributed by atoms with Gasteiger partial charge in [-0.15, -0.1) is 9.89 Å². The first-order chi connectivity index (χ1) is 6.65. The first-order valence-electron chi connectivity index (χ1n) is 4.59. The summed E-state index contributed by atoms with van der Waals surface area (Å²) >= 11 is 4.93. The molecule has 1 heterocycles. The molecule has 0 aliphatic carbocycles. The summed E-state index contributed by atoms with van der Waals surface area (Å²) in [5.41, 5.74) is 3.19. The van der Waals surface area contributed by atoms with E-state index in [0.717, 1.165) is 19.4 Å². The highest BCUT2D eigenvalue weighted by Crippen LogP contribution is 1.86. The van der Waals surface area contributed by atoms with Crippen molar-refractivity contribution in [2.75, 3.05) is 12.0 Å². The zero-order valence-electron chi connectivity index (χ0n) is 8.33. The Morgan fingerprint density at radius 1 is 1.64 bits per heavy atom. The third kappa shape index (κ3) is 2.66. The minimum atomic E-state index is -0.233. The van der Waals surface area contributed by atoms with Gasteiger partial charge in [-0.25, -0.2) is 0 Å². The molecule has 0 saturated carbocycles. The maximum Gasteiger partial charge on any atom is 0.273 e. The van der Waals surface area contributed by atoms with Crippen LogP contribution in [0, 0.1) is 11.7 Å². The lowest BCUT2D eigenvalue weighted by Crippen LogP contribution is -2.26. The maximum absolute atomic E-state index is 11.1. The van der Waals surface area contributed by atoms with Crippen LogP contribution >= 0.6 is 12.2 Å². The van der Waals surface area contributed by atoms with Crippen LogP contribution in [-0.2, 0) is 0 Å². The monoisotopic (exact) mass is 214 g/mol. The van der Waals surface area contributed by atoms with E-state index < -0.39 is 0 Å². The average Bonchev–Trinajstić information content (AvgIpc) is 2.14. The summed E-state index contributed by atoms with van der Waals surface area (Å²) in [7, 11) is 0. The number of aromatic amines is 1. The van der Waals surface area contributed by atoms with Crippen LogP contribution < -0.4 is 11.0 Å². The van der Waals surface area contributed by atoms with E-state index in [0.29, 0.717) is 10.5 Å². The molecule has 0 radical (unpaired) electrons. The van der Waals surface area contributed by atoms with Crippen LogP contribution in [0.5, 0.6) is 0 Å². The molecule has 5 nitrogen and oxygen atoms in total. The molecule has 78 valence electrons. The molecule has 0 amide bonds. The van der Waals surface area contributed by atoms with Crippen molar-refractivity contribution in [2.45, 2.75) is 26.7 Å². The van der Waals surface area contributed by atoms with Crippen LogP contribution in [0.1, 0.15) is 25.5 Å². The summed E-state index contributed by atoms with van der Waals surface area (Å²) < 4.78 is 0.303. The molecular formula is C8H14N4OS. The van der Waals surface area contributed by atoms with E-state index >= 15 is 0 Å². The van der Waals surface area contributed by atoms with Crippen LogP contribution in [0.4, 0.5) is 0 Å². The molecule has 0 fully saturated rings. The van der Waals surface area contributed by atoms with E-state index in [4.69, 9.17) is 12.2 Å². The molecule has 0 aromatic carbocycles. The fraction of sp³-hybridized carbons (Fsp3) is 0.625. The Bertz CT molecular complexity index is 409. The number of hydrogen-bond donors (Lipinski definition) is 2. The molecule has 1 rings (SSSR count). The van der Waals surface area contributed by atoms with Crippen molar-refractivity contribution in [1.82, 2.24) is 14.9 Å². The molecule has 1 aromatic rings. The van der Waals surface area contributed by atoms with Gasteiger partial charge in [0.1, 0.15) is 5.69 Å². The lowest BCUT2D eigenvalue weighted by Gasteiger charge is -2.07. The van der Waals surface area contributed by atoms with E-state index in [9.17, 15) is 4.79 Å². The molecule has 0 aliphatic rings. The van der Waals surface area contributed by atoms with Gasteiger partial charge in [-0.05, 0) is 25.6 Å². The van der Waals surface area contributed by atoms with Crippen LogP contribution in [0.3, 0.4) is 0 Å². The number of hydrogen-bond acceptors (Lipinski definition) is 4. The Balaban J connectivity index is 2.82. The fourth-order valence-electron chi connectivity index (χ4n) is 0.950. The zero-order valence-corrected chi connectivity index (χ0v) is 9.15. The Morgan fingerprint density at radius 2 is 2.36 bits per heavy atom. The van der Waals surface area contributed by atoms with Gasteiger partial charge in [0.2, 0.25) is 4.77 Å². The topological polar surface area (TPSA) is 62.7 Å². The second-order valence-electron chi connectivity index (χ2n) is 3.02. The Kier molecular flexibility index (Phi) is 3.82. The Labute approximate surface area is 87.1 Å². The molecule has 0 bridgehead atoms. The smallest absolute Gasteiger partial charge is 0.273 e. The van der Waals surface area contributed by atoms with Crippen molar-refractivity contribution in [3.05, 3.63) is 20.8 Å². The van der Waals surface area contributed by atoms with Crippen molar-refractivity contribution in [3.63, 3.8) is 0 Å². The average molecular weight is 214 g/mol. The van der Waals surface area contributed by atoms with Crippen LogP contribution in [-0.4, -0.2) is 21.4 Å². The highest BCUT2D eigenvalue weighted by atomic mass is 32.1. The maximum atomic E-state index is 11.1. The minimum absolute atomic E-state index is 0.233. The number of nitrogens with one attached hydrogen (secondary N) is 2. The van der Waals surface area contributed by atoms with Gasteiger partial charge in [-0.2, -0.15) is 0 Å². The van der Waals surface area contributed by atoms with Crippen LogP contribution in [0.15, 0.2) is 4.79 Å². The molecular weight excluding hydrogens is 200 g/mol. The van der Waals surface area contributed by atoms with Crippen LogP contribution in [0.25, 0.3) is 0 Å². The lowest BCUT2D eigenvalue weighted by atomic mass is 10.3. The quantitative estimate of drug-likeness (QED) is 0.578. The Morgan fingerprint density at radius 3 is 3.00 bits per heavy atom. The Hall–Kier alpha value is -1.17. The van der Waals surface area contributed by atoms with Crippen molar-refractivity contribution in [1.29, 1.82) is 0 Å². The van der Waals surface area contributed by atoms with E-state index in [1.165, 1.54) is 4.79 Å². The predicted molar refractivity (Wildman–Crippen MR) is 57.6 cm³/mol. The third-order valence-electron chi connectivity index (χ3n) is 1.78. The van der Waals surface area contributed by atoms with Gasteiger partial charge in [0.15, 0.2) is 0 Å². The summed E-state index contributed by atoms with van der Waals surface area (Å²) in [6.07, 6.45) is 2.14. The summed E-state index contributed by atoms with van der Waals surface area (Å²) in [4.78, 5) is 15.1. The number of aromatic nitrogens is 3. The van der Waals surface area contributed by atoms with Crippen LogP contribution in [0.2, 0.25) is 0 Å². The third-order valence-corrected chi connectivity index (χ3v) is 2.06. The van der Waals surface area contributed by atoms with Gasteiger partial charge >= 0.3 is 0 Å². The molecule has 0 saturated heterocycles. The fourth-order valence-corrected chi connectivity index (χ4v) is 1.15. The first kappa shape index (κ1) is 10.9. The lowest BCUT2D eigenvalue weighted by molar-refractivity contribution is 0.636. The van der Waals surface area contributed by atoms with Crippen molar-refractivity contribution in [3.8, 4) is 0 Å². The summed E-state index contributed by atoms with van der Waals surface area (Å²) in [6, 6.07) is 0. The van der Waals surface area contributed by atoms with Crippen molar-refractivity contribution >= 4 is 12.2 Å². The molecule has 14 heavy (non-hydrogen) atoms. The second-order valence-corrected chi connectivity index (χ2v) is 3.40. The van der Waals surface area contributed by atoms with E-state index in [-0.39, 0.29) is 5.56 Å². The number of nitrogens with zero attached hydrogens (tertiary/aromatic N) is 2. The molecule has 1 aromatic heterocycles. The van der Waals surface area contributed by atoms with Gasteiger partial charge in [0, 0.05) is 6.54 Å². The van der Waals surface area contributed by atoms with Gasteiger partial charge < -0.3 is 5.43 Å². The normalized spacial score (nSPS) is 10.1. The predicted octanol–water partition coefficient (Wildman–Crippen LogP) is 0.953. The number of unbranched alkanes of at least 4 members (excludes halogenated alkanes) is 1. The highest BCUT2D eigenvalue weighted by Gasteiger charge is 1.97. The molecule has 0 aliphatic heterocycles. The largest absolute Gasteiger partial charge is 0.307 e. The molecule has 0 unspecified atom stereocenters. The number of H-pyrrole nitrogens is 1. The van der Waals surface area contributed by atoms with Crippen molar-refractivity contribution < 1.29 is 0 Å². The molecule has 2 N–H and O–H groups in total. The second kappa shape index (κ2) is 4.90. The number of rotatable bonds is 4. The van der Waals surface area contributed by atoms with Gasteiger partial charge in [-0.3, -0.25) is 9.78 Å². The van der Waals surface area contributed by atoms with Gasteiger partial charge in [-0.1, -0.05) is 13.3 Å². The summed E-state index contributed by atoms with van der Waals surface area (Å²) in [5, 5.41) is 4.00. The summed E-state index contributed by atoms with van der Waals surface area (Å²) in [6.45, 7) is 4.54. The van der Waals surface area contributed by atoms with Gasteiger partial charge in [0.05, 0.1) is 0 Å². The van der Waals surface area contributed by atoms with E-state index in [1.807, 2.05) is 0 Å².